The Morgan fingerprint density at radius 3 is 2.71 bits per heavy atom. The molecule has 0 aliphatic heterocycles. The van der Waals surface area contributed by atoms with Gasteiger partial charge in [0, 0.05) is 24.0 Å². The van der Waals surface area contributed by atoms with Gasteiger partial charge in [-0.3, -0.25) is 4.98 Å². The lowest BCUT2D eigenvalue weighted by atomic mass is 9.86. The molecule has 6 nitrogen and oxygen atoms in total. The first-order valence-corrected chi connectivity index (χ1v) is 7.68. The van der Waals surface area contributed by atoms with Crippen LogP contribution in [0.15, 0.2) is 41.7 Å². The maximum atomic E-state index is 10.5. The van der Waals surface area contributed by atoms with Crippen LogP contribution in [0.4, 0.5) is 5.69 Å². The fraction of sp³-hybridized carbons (Fsp3) is 0.333. The molecule has 128 valence electrons. The van der Waals surface area contributed by atoms with Gasteiger partial charge in [0.25, 0.3) is 0 Å². The van der Waals surface area contributed by atoms with Gasteiger partial charge >= 0.3 is 0 Å². The van der Waals surface area contributed by atoms with Gasteiger partial charge in [0.2, 0.25) is 0 Å². The Balaban J connectivity index is 2.25. The molecule has 0 radical (unpaired) electrons. The molecule has 0 fully saturated rings. The Morgan fingerprint density at radius 2 is 2.12 bits per heavy atom. The third-order valence-electron chi connectivity index (χ3n) is 3.54. The normalized spacial score (nSPS) is 12.1. The highest BCUT2D eigenvalue weighted by Crippen LogP contribution is 2.39. The average molecular weight is 328 g/mol. The van der Waals surface area contributed by atoms with Crippen molar-refractivity contribution in [1.29, 1.82) is 0 Å². The van der Waals surface area contributed by atoms with Crippen molar-refractivity contribution in [1.82, 2.24) is 4.98 Å². The van der Waals surface area contributed by atoms with Gasteiger partial charge in [-0.2, -0.15) is 0 Å². The van der Waals surface area contributed by atoms with Crippen LogP contribution in [-0.4, -0.2) is 23.2 Å². The molecule has 1 heterocycles. The van der Waals surface area contributed by atoms with Crippen molar-refractivity contribution in [2.45, 2.75) is 32.7 Å². The van der Waals surface area contributed by atoms with Crippen molar-refractivity contribution in [3.63, 3.8) is 0 Å². The Morgan fingerprint density at radius 1 is 1.38 bits per heavy atom. The second-order valence-corrected chi connectivity index (χ2v) is 6.51. The average Bonchev–Trinajstić information content (AvgIpc) is 2.54. The molecule has 0 unspecified atom stereocenters. The molecule has 24 heavy (non-hydrogen) atoms. The summed E-state index contributed by atoms with van der Waals surface area (Å²) in [5, 5.41) is 13.5. The standard InChI is InChI=1S/C18H24N4O2/c1-18(2,3)14-8-13(24-4)9-15(16(14)23)22-17(19)21-11-12-6-5-7-20-10-12/h5-10,23H,11H2,1-4H3,(H3,19,21,22). The van der Waals surface area contributed by atoms with Gasteiger partial charge in [-0.25, -0.2) is 4.99 Å². The Labute approximate surface area is 142 Å². The summed E-state index contributed by atoms with van der Waals surface area (Å²) >= 11 is 0. The maximum absolute atomic E-state index is 10.5. The summed E-state index contributed by atoms with van der Waals surface area (Å²) < 4.78 is 5.32. The van der Waals surface area contributed by atoms with Gasteiger partial charge in [0.05, 0.1) is 19.3 Å². The number of hydrogen-bond donors (Lipinski definition) is 3. The number of nitrogens with zero attached hydrogens (tertiary/aromatic N) is 2. The molecule has 0 saturated heterocycles. The van der Waals surface area contributed by atoms with E-state index in [-0.39, 0.29) is 17.1 Å². The highest BCUT2D eigenvalue weighted by molar-refractivity contribution is 5.94. The molecule has 0 atom stereocenters. The molecule has 0 amide bonds. The third kappa shape index (κ3) is 4.38. The van der Waals surface area contributed by atoms with Crippen molar-refractivity contribution in [2.24, 2.45) is 10.7 Å². The van der Waals surface area contributed by atoms with Crippen molar-refractivity contribution in [3.05, 3.63) is 47.8 Å². The molecule has 0 aliphatic rings. The van der Waals surface area contributed by atoms with Gasteiger partial charge in [-0.05, 0) is 23.1 Å². The number of ether oxygens (including phenoxy) is 1. The summed E-state index contributed by atoms with van der Waals surface area (Å²) in [5.41, 5.74) is 7.88. The fourth-order valence-electron chi connectivity index (χ4n) is 2.24. The van der Waals surface area contributed by atoms with E-state index in [9.17, 15) is 5.11 Å². The molecule has 6 heteroatoms. The number of methoxy groups -OCH3 is 1. The van der Waals surface area contributed by atoms with Crippen molar-refractivity contribution >= 4 is 11.6 Å². The van der Waals surface area contributed by atoms with E-state index < -0.39 is 0 Å². The smallest absolute Gasteiger partial charge is 0.193 e. The Hall–Kier alpha value is -2.76. The van der Waals surface area contributed by atoms with Crippen molar-refractivity contribution in [2.75, 3.05) is 12.4 Å². The van der Waals surface area contributed by atoms with E-state index in [2.05, 4.69) is 15.3 Å². The minimum Gasteiger partial charge on any atom is -0.505 e. The number of nitrogens with one attached hydrogen (secondary N) is 1. The first kappa shape index (κ1) is 17.6. The molecular formula is C18H24N4O2. The molecule has 1 aromatic carbocycles. The van der Waals surface area contributed by atoms with Crippen LogP contribution < -0.4 is 15.8 Å². The largest absolute Gasteiger partial charge is 0.505 e. The summed E-state index contributed by atoms with van der Waals surface area (Å²) in [6.45, 7) is 6.46. The zero-order valence-corrected chi connectivity index (χ0v) is 14.5. The quantitative estimate of drug-likeness (QED) is 0.456. The zero-order valence-electron chi connectivity index (χ0n) is 14.5. The molecule has 4 N–H and O–H groups in total. The summed E-state index contributed by atoms with van der Waals surface area (Å²) in [6.07, 6.45) is 3.44. The predicted molar refractivity (Wildman–Crippen MR) is 96.5 cm³/mol. The Kier molecular flexibility index (Phi) is 5.28. The number of rotatable bonds is 4. The molecule has 2 rings (SSSR count). The van der Waals surface area contributed by atoms with Crippen molar-refractivity contribution < 1.29 is 9.84 Å². The van der Waals surface area contributed by atoms with Gasteiger partial charge in [-0.1, -0.05) is 26.8 Å². The number of hydrogen-bond acceptors (Lipinski definition) is 4. The van der Waals surface area contributed by atoms with Gasteiger partial charge in [0.15, 0.2) is 5.96 Å². The van der Waals surface area contributed by atoms with Crippen LogP contribution in [0.25, 0.3) is 0 Å². The van der Waals surface area contributed by atoms with Crippen LogP contribution in [0.1, 0.15) is 31.9 Å². The van der Waals surface area contributed by atoms with Gasteiger partial charge < -0.3 is 20.9 Å². The molecule has 1 aromatic heterocycles. The first-order valence-electron chi connectivity index (χ1n) is 7.68. The van der Waals surface area contributed by atoms with Gasteiger partial charge in [0.1, 0.15) is 11.5 Å². The van der Waals surface area contributed by atoms with Crippen LogP contribution in [-0.2, 0) is 12.0 Å². The topological polar surface area (TPSA) is 92.8 Å². The summed E-state index contributed by atoms with van der Waals surface area (Å²) in [5.74, 6) is 0.991. The molecule has 0 aliphatic carbocycles. The SMILES string of the molecule is COc1cc(NC(N)=NCc2cccnc2)c(O)c(C(C)(C)C)c1. The van der Waals surface area contributed by atoms with E-state index in [1.54, 1.807) is 25.6 Å². The highest BCUT2D eigenvalue weighted by Gasteiger charge is 2.22. The minimum atomic E-state index is -0.239. The fourth-order valence-corrected chi connectivity index (χ4v) is 2.24. The molecule has 2 aromatic rings. The van der Waals surface area contributed by atoms with E-state index in [4.69, 9.17) is 10.5 Å². The van der Waals surface area contributed by atoms with E-state index >= 15 is 0 Å². The second-order valence-electron chi connectivity index (χ2n) is 6.51. The van der Waals surface area contributed by atoms with Crippen molar-refractivity contribution in [3.8, 4) is 11.5 Å². The summed E-state index contributed by atoms with van der Waals surface area (Å²) in [6, 6.07) is 7.28. The molecule has 0 spiro atoms. The van der Waals surface area contributed by atoms with E-state index in [1.807, 2.05) is 39.0 Å². The van der Waals surface area contributed by atoms with E-state index in [0.717, 1.165) is 11.1 Å². The monoisotopic (exact) mass is 328 g/mol. The number of phenolic OH excluding ortho intramolecular Hbond substituents is 1. The predicted octanol–water partition coefficient (Wildman–Crippen LogP) is 3.02. The highest BCUT2D eigenvalue weighted by atomic mass is 16.5. The Bertz CT molecular complexity index is 722. The summed E-state index contributed by atoms with van der Waals surface area (Å²) in [4.78, 5) is 8.30. The van der Waals surface area contributed by atoms with Crippen LogP contribution in [0.2, 0.25) is 0 Å². The second kappa shape index (κ2) is 7.21. The molecule has 0 bridgehead atoms. The van der Waals surface area contributed by atoms with E-state index in [0.29, 0.717) is 18.0 Å². The summed E-state index contributed by atoms with van der Waals surface area (Å²) in [7, 11) is 1.59. The lowest BCUT2D eigenvalue weighted by molar-refractivity contribution is 0.406. The maximum Gasteiger partial charge on any atom is 0.193 e. The first-order chi connectivity index (χ1) is 11.3. The number of benzene rings is 1. The minimum absolute atomic E-state index is 0.142. The number of nitrogens with two attached hydrogens (primary N) is 1. The van der Waals surface area contributed by atoms with Crippen LogP contribution in [0.5, 0.6) is 11.5 Å². The number of guanidine groups is 1. The van der Waals surface area contributed by atoms with Crippen LogP contribution in [0.3, 0.4) is 0 Å². The number of aliphatic imine (C=N–C) groups is 1. The van der Waals surface area contributed by atoms with Gasteiger partial charge in [-0.15, -0.1) is 0 Å². The van der Waals surface area contributed by atoms with Crippen LogP contribution in [0, 0.1) is 0 Å². The third-order valence-corrected chi connectivity index (χ3v) is 3.54. The lowest BCUT2D eigenvalue weighted by Crippen LogP contribution is -2.23. The van der Waals surface area contributed by atoms with Crippen LogP contribution >= 0.6 is 0 Å². The van der Waals surface area contributed by atoms with E-state index in [1.165, 1.54) is 0 Å². The number of aromatic hydroxyl groups is 1. The number of anilines is 1. The lowest BCUT2D eigenvalue weighted by Gasteiger charge is -2.23. The number of phenols is 1. The number of pyridine rings is 1. The molecular weight excluding hydrogens is 304 g/mol. The number of aromatic nitrogens is 1. The zero-order chi connectivity index (χ0) is 17.7. The molecule has 0 saturated carbocycles.